The van der Waals surface area contributed by atoms with Gasteiger partial charge in [-0.1, -0.05) is 28.1 Å². The normalized spacial score (nSPS) is 22.4. The van der Waals surface area contributed by atoms with Crippen molar-refractivity contribution >= 4 is 21.8 Å². The molecule has 2 unspecified atom stereocenters. The van der Waals surface area contributed by atoms with E-state index in [1.54, 1.807) is 23.3 Å². The van der Waals surface area contributed by atoms with E-state index in [9.17, 15) is 4.79 Å². The Kier molecular flexibility index (Phi) is 2.59. The molecular formula is C13H11BrN2O. The molecule has 17 heavy (non-hydrogen) atoms. The molecule has 0 aliphatic heterocycles. The summed E-state index contributed by atoms with van der Waals surface area (Å²) in [5.41, 5.74) is 1.24. The maximum absolute atomic E-state index is 12.0. The van der Waals surface area contributed by atoms with Crippen LogP contribution in [-0.4, -0.2) is 15.5 Å². The number of hydrogen-bond acceptors (Lipinski definition) is 2. The molecule has 0 N–H and O–H groups in total. The van der Waals surface area contributed by atoms with E-state index in [1.165, 1.54) is 5.56 Å². The van der Waals surface area contributed by atoms with E-state index < -0.39 is 0 Å². The second-order valence-corrected chi connectivity index (χ2v) is 5.22. The number of rotatable bonds is 2. The van der Waals surface area contributed by atoms with Crippen LogP contribution in [0, 0.1) is 5.92 Å². The highest BCUT2D eigenvalue weighted by atomic mass is 79.9. The highest BCUT2D eigenvalue weighted by molar-refractivity contribution is 9.10. The SMILES string of the molecule is O=C(C1CC1c1ccc(Br)cc1)n1ccnc1. The number of benzene rings is 1. The van der Waals surface area contributed by atoms with Crippen molar-refractivity contribution in [3.8, 4) is 0 Å². The summed E-state index contributed by atoms with van der Waals surface area (Å²) >= 11 is 3.41. The van der Waals surface area contributed by atoms with Crippen LogP contribution < -0.4 is 0 Å². The van der Waals surface area contributed by atoms with Crippen molar-refractivity contribution in [3.63, 3.8) is 0 Å². The lowest BCUT2D eigenvalue weighted by Gasteiger charge is -2.01. The highest BCUT2D eigenvalue weighted by Gasteiger charge is 2.44. The first-order valence-corrected chi connectivity index (χ1v) is 6.32. The van der Waals surface area contributed by atoms with Crippen LogP contribution in [0.1, 0.15) is 22.7 Å². The van der Waals surface area contributed by atoms with Crippen molar-refractivity contribution < 1.29 is 4.79 Å². The van der Waals surface area contributed by atoms with Crippen molar-refractivity contribution in [2.24, 2.45) is 5.92 Å². The summed E-state index contributed by atoms with van der Waals surface area (Å²) in [7, 11) is 0. The molecular weight excluding hydrogens is 280 g/mol. The molecule has 86 valence electrons. The number of hydrogen-bond donors (Lipinski definition) is 0. The largest absolute Gasteiger partial charge is 0.276 e. The van der Waals surface area contributed by atoms with Crippen LogP contribution in [0.25, 0.3) is 0 Å². The molecule has 3 rings (SSSR count). The van der Waals surface area contributed by atoms with Crippen molar-refractivity contribution in [1.82, 2.24) is 9.55 Å². The second kappa shape index (κ2) is 4.11. The van der Waals surface area contributed by atoms with Crippen molar-refractivity contribution in [2.75, 3.05) is 0 Å². The summed E-state index contributed by atoms with van der Waals surface area (Å²) in [6, 6.07) is 8.20. The van der Waals surface area contributed by atoms with Gasteiger partial charge in [0, 0.05) is 22.8 Å². The van der Waals surface area contributed by atoms with Crippen molar-refractivity contribution in [2.45, 2.75) is 12.3 Å². The Morgan fingerprint density at radius 3 is 2.76 bits per heavy atom. The summed E-state index contributed by atoms with van der Waals surface area (Å²) in [5.74, 6) is 0.638. The van der Waals surface area contributed by atoms with E-state index in [4.69, 9.17) is 0 Å². The van der Waals surface area contributed by atoms with Gasteiger partial charge in [-0.2, -0.15) is 0 Å². The lowest BCUT2D eigenvalue weighted by Crippen LogP contribution is -2.11. The minimum Gasteiger partial charge on any atom is -0.276 e. The van der Waals surface area contributed by atoms with Gasteiger partial charge in [-0.15, -0.1) is 0 Å². The van der Waals surface area contributed by atoms with Gasteiger partial charge in [0.25, 0.3) is 0 Å². The van der Waals surface area contributed by atoms with E-state index >= 15 is 0 Å². The molecule has 0 saturated heterocycles. The number of nitrogens with zero attached hydrogens (tertiary/aromatic N) is 2. The van der Waals surface area contributed by atoms with Crippen LogP contribution in [0.2, 0.25) is 0 Å². The Labute approximate surface area is 108 Å². The molecule has 1 aromatic carbocycles. The fourth-order valence-electron chi connectivity index (χ4n) is 2.13. The zero-order valence-corrected chi connectivity index (χ0v) is 10.7. The molecule has 1 aliphatic carbocycles. The zero-order chi connectivity index (χ0) is 11.8. The number of halogens is 1. The Balaban J connectivity index is 1.74. The molecule has 1 saturated carbocycles. The van der Waals surface area contributed by atoms with Crippen LogP contribution in [0.15, 0.2) is 47.5 Å². The highest BCUT2D eigenvalue weighted by Crippen LogP contribution is 2.48. The summed E-state index contributed by atoms with van der Waals surface area (Å²) < 4.78 is 2.64. The molecule has 1 fully saturated rings. The van der Waals surface area contributed by atoms with Gasteiger partial charge in [-0.3, -0.25) is 9.36 Å². The fraction of sp³-hybridized carbons (Fsp3) is 0.231. The average molecular weight is 291 g/mol. The molecule has 0 spiro atoms. The fourth-order valence-corrected chi connectivity index (χ4v) is 2.39. The maximum Gasteiger partial charge on any atom is 0.235 e. The van der Waals surface area contributed by atoms with Crippen LogP contribution in [0.4, 0.5) is 0 Å². The van der Waals surface area contributed by atoms with Gasteiger partial charge < -0.3 is 0 Å². The molecule has 0 amide bonds. The van der Waals surface area contributed by atoms with Crippen LogP contribution in [0.5, 0.6) is 0 Å². The maximum atomic E-state index is 12.0. The number of imidazole rings is 1. The second-order valence-electron chi connectivity index (χ2n) is 4.31. The summed E-state index contributed by atoms with van der Waals surface area (Å²) in [5, 5.41) is 0. The smallest absolute Gasteiger partial charge is 0.235 e. The molecule has 1 heterocycles. The van der Waals surface area contributed by atoms with Gasteiger partial charge in [0.15, 0.2) is 0 Å². The van der Waals surface area contributed by atoms with Crippen LogP contribution in [0.3, 0.4) is 0 Å². The Bertz CT molecular complexity index is 533. The topological polar surface area (TPSA) is 34.9 Å². The Hall–Kier alpha value is -1.42. The first-order valence-electron chi connectivity index (χ1n) is 5.53. The van der Waals surface area contributed by atoms with Gasteiger partial charge >= 0.3 is 0 Å². The molecule has 0 bridgehead atoms. The van der Waals surface area contributed by atoms with Crippen molar-refractivity contribution in [1.29, 1.82) is 0 Å². The minimum absolute atomic E-state index is 0.116. The lowest BCUT2D eigenvalue weighted by atomic mass is 10.1. The lowest BCUT2D eigenvalue weighted by molar-refractivity contribution is 0.0883. The third-order valence-corrected chi connectivity index (χ3v) is 3.69. The molecule has 2 atom stereocenters. The average Bonchev–Trinajstić information content (AvgIpc) is 2.94. The molecule has 1 aliphatic rings. The van der Waals surface area contributed by atoms with E-state index in [-0.39, 0.29) is 11.8 Å². The van der Waals surface area contributed by atoms with E-state index in [2.05, 4.69) is 33.0 Å². The molecule has 4 heteroatoms. The van der Waals surface area contributed by atoms with Gasteiger partial charge in [0.05, 0.1) is 0 Å². The molecule has 1 aromatic heterocycles. The Morgan fingerprint density at radius 1 is 1.35 bits per heavy atom. The van der Waals surface area contributed by atoms with Gasteiger partial charge in [-0.25, -0.2) is 4.98 Å². The number of aromatic nitrogens is 2. The first kappa shape index (κ1) is 10.7. The molecule has 0 radical (unpaired) electrons. The third kappa shape index (κ3) is 2.05. The zero-order valence-electron chi connectivity index (χ0n) is 9.08. The summed E-state index contributed by atoms with van der Waals surface area (Å²) in [6.07, 6.45) is 5.85. The number of carbonyl (C=O) groups excluding carboxylic acids is 1. The third-order valence-electron chi connectivity index (χ3n) is 3.16. The number of carbonyl (C=O) groups is 1. The Morgan fingerprint density at radius 2 is 2.12 bits per heavy atom. The minimum atomic E-state index is 0.116. The standard InChI is InChI=1S/C13H11BrN2O/c14-10-3-1-9(2-4-10)11-7-12(11)13(17)16-6-5-15-8-16/h1-6,8,11-12H,7H2. The van der Waals surface area contributed by atoms with Gasteiger partial charge in [0.1, 0.15) is 6.33 Å². The predicted molar refractivity (Wildman–Crippen MR) is 67.8 cm³/mol. The van der Waals surface area contributed by atoms with E-state index in [0.29, 0.717) is 5.92 Å². The first-order chi connectivity index (χ1) is 8.25. The monoisotopic (exact) mass is 290 g/mol. The molecule has 2 aromatic rings. The predicted octanol–water partition coefficient (Wildman–Crippen LogP) is 3.09. The van der Waals surface area contributed by atoms with E-state index in [1.807, 2.05) is 12.1 Å². The van der Waals surface area contributed by atoms with Gasteiger partial charge in [0.2, 0.25) is 5.91 Å². The van der Waals surface area contributed by atoms with E-state index in [0.717, 1.165) is 10.9 Å². The molecule has 3 nitrogen and oxygen atoms in total. The summed E-state index contributed by atoms with van der Waals surface area (Å²) in [6.45, 7) is 0. The van der Waals surface area contributed by atoms with Crippen LogP contribution in [-0.2, 0) is 0 Å². The summed E-state index contributed by atoms with van der Waals surface area (Å²) in [4.78, 5) is 15.9. The van der Waals surface area contributed by atoms with Gasteiger partial charge in [-0.05, 0) is 30.0 Å². The van der Waals surface area contributed by atoms with Crippen molar-refractivity contribution in [3.05, 3.63) is 53.0 Å². The van der Waals surface area contributed by atoms with Crippen LogP contribution >= 0.6 is 15.9 Å². The quantitative estimate of drug-likeness (QED) is 0.852.